The Morgan fingerprint density at radius 3 is 2.32 bits per heavy atom. The summed E-state index contributed by atoms with van der Waals surface area (Å²) in [6, 6.07) is 11.0. The van der Waals surface area contributed by atoms with Gasteiger partial charge in [0, 0.05) is 21.7 Å². The van der Waals surface area contributed by atoms with Crippen molar-refractivity contribution in [3.05, 3.63) is 47.0 Å². The van der Waals surface area contributed by atoms with Crippen molar-refractivity contribution in [2.45, 2.75) is 23.8 Å². The van der Waals surface area contributed by atoms with Gasteiger partial charge in [-0.05, 0) is 23.4 Å². The summed E-state index contributed by atoms with van der Waals surface area (Å²) in [7, 11) is 0. The Morgan fingerprint density at radius 1 is 1.05 bits per heavy atom. The lowest BCUT2D eigenvalue weighted by Gasteiger charge is -2.15. The van der Waals surface area contributed by atoms with Crippen LogP contribution in [0.2, 0.25) is 5.02 Å². The van der Waals surface area contributed by atoms with E-state index < -0.39 is 12.6 Å². The summed E-state index contributed by atoms with van der Waals surface area (Å²) in [5, 5.41) is 2.35. The van der Waals surface area contributed by atoms with E-state index in [4.69, 9.17) is 11.6 Å². The van der Waals surface area contributed by atoms with E-state index in [-0.39, 0.29) is 11.2 Å². The van der Waals surface area contributed by atoms with Gasteiger partial charge in [0.05, 0.1) is 0 Å². The van der Waals surface area contributed by atoms with E-state index >= 15 is 0 Å². The fourth-order valence-corrected chi connectivity index (χ4v) is 2.86. The zero-order chi connectivity index (χ0) is 14.0. The summed E-state index contributed by atoms with van der Waals surface area (Å²) in [5.74, 6) is 0. The maximum absolute atomic E-state index is 12.3. The van der Waals surface area contributed by atoms with Crippen LogP contribution in [-0.2, 0) is 0 Å². The summed E-state index contributed by atoms with van der Waals surface area (Å²) in [4.78, 5) is -0.337. The molecule has 0 aliphatic carbocycles. The maximum Gasteiger partial charge on any atom is 0.389 e. The topological polar surface area (TPSA) is 0 Å². The lowest BCUT2D eigenvalue weighted by atomic mass is 10.00. The van der Waals surface area contributed by atoms with E-state index in [9.17, 15) is 13.2 Å². The molecule has 0 N–H and O–H groups in total. The number of alkyl halides is 4. The Bertz CT molecular complexity index is 580. The number of fused-ring (bicyclic) bond motifs is 1. The van der Waals surface area contributed by atoms with Crippen molar-refractivity contribution in [2.75, 3.05) is 0 Å². The van der Waals surface area contributed by atoms with Crippen LogP contribution in [0.4, 0.5) is 13.2 Å². The first-order valence-corrected chi connectivity index (χ1v) is 7.06. The van der Waals surface area contributed by atoms with E-state index in [0.717, 1.165) is 16.3 Å². The van der Waals surface area contributed by atoms with Crippen molar-refractivity contribution in [1.29, 1.82) is 0 Å². The number of benzene rings is 2. The van der Waals surface area contributed by atoms with Crippen LogP contribution in [-0.4, -0.2) is 6.18 Å². The van der Waals surface area contributed by atoms with E-state index in [1.54, 1.807) is 12.1 Å². The average Bonchev–Trinajstić information content (AvgIpc) is 2.36. The second-order valence-corrected chi connectivity index (χ2v) is 5.82. The molecule has 0 radical (unpaired) electrons. The minimum Gasteiger partial charge on any atom is -0.171 e. The largest absolute Gasteiger partial charge is 0.389 e. The molecule has 0 aliphatic rings. The van der Waals surface area contributed by atoms with Crippen molar-refractivity contribution in [3.63, 3.8) is 0 Å². The maximum atomic E-state index is 12.3. The third kappa shape index (κ3) is 3.63. The second kappa shape index (κ2) is 5.71. The quantitative estimate of drug-likeness (QED) is 0.572. The molecule has 102 valence electrons. The smallest absolute Gasteiger partial charge is 0.171 e. The number of hydrogen-bond acceptors (Lipinski definition) is 0. The lowest BCUT2D eigenvalue weighted by molar-refractivity contribution is -0.135. The van der Waals surface area contributed by atoms with Gasteiger partial charge in [-0.15, -0.1) is 0 Å². The van der Waals surface area contributed by atoms with Gasteiger partial charge in [0.1, 0.15) is 0 Å². The van der Waals surface area contributed by atoms with Crippen LogP contribution >= 0.6 is 27.5 Å². The first-order valence-electron chi connectivity index (χ1n) is 5.76. The highest BCUT2D eigenvalue weighted by atomic mass is 79.9. The molecule has 1 unspecified atom stereocenters. The van der Waals surface area contributed by atoms with E-state index in [2.05, 4.69) is 15.9 Å². The van der Waals surface area contributed by atoms with Crippen LogP contribution in [0.15, 0.2) is 36.4 Å². The Hall–Kier alpha value is -0.740. The highest BCUT2D eigenvalue weighted by Crippen LogP contribution is 2.38. The van der Waals surface area contributed by atoms with Crippen molar-refractivity contribution in [2.24, 2.45) is 0 Å². The molecule has 2 rings (SSSR count). The van der Waals surface area contributed by atoms with Crippen LogP contribution in [0.1, 0.15) is 23.2 Å². The molecule has 0 aliphatic heterocycles. The molecule has 0 saturated carbocycles. The fourth-order valence-electron chi connectivity index (χ4n) is 2.00. The molecule has 0 spiro atoms. The summed E-state index contributed by atoms with van der Waals surface area (Å²) >= 11 is 9.43. The average molecular weight is 352 g/mol. The van der Waals surface area contributed by atoms with Crippen LogP contribution < -0.4 is 0 Å². The predicted molar refractivity (Wildman–Crippen MR) is 75.9 cm³/mol. The Labute approximate surface area is 122 Å². The monoisotopic (exact) mass is 350 g/mol. The number of rotatable bonds is 3. The minimum atomic E-state index is -4.13. The molecular formula is C14H11BrClF3. The molecule has 2 aromatic carbocycles. The van der Waals surface area contributed by atoms with Crippen LogP contribution in [0.25, 0.3) is 10.8 Å². The van der Waals surface area contributed by atoms with Gasteiger partial charge in [-0.1, -0.05) is 57.9 Å². The summed E-state index contributed by atoms with van der Waals surface area (Å²) < 4.78 is 36.8. The van der Waals surface area contributed by atoms with E-state index in [1.165, 1.54) is 0 Å². The minimum absolute atomic E-state index is 0.00905. The zero-order valence-corrected chi connectivity index (χ0v) is 12.2. The molecule has 0 saturated heterocycles. The molecular weight excluding hydrogens is 341 g/mol. The van der Waals surface area contributed by atoms with E-state index in [0.29, 0.717) is 5.02 Å². The number of hydrogen-bond donors (Lipinski definition) is 0. The normalized spacial score (nSPS) is 13.7. The van der Waals surface area contributed by atoms with Crippen molar-refractivity contribution in [3.8, 4) is 0 Å². The fraction of sp³-hybridized carbons (Fsp3) is 0.286. The Kier molecular flexibility index (Phi) is 4.41. The van der Waals surface area contributed by atoms with Crippen molar-refractivity contribution < 1.29 is 13.2 Å². The standard InChI is InChI=1S/C14H11BrClF3/c15-12(7-8-14(17,18)19)10-5-6-13(16)11-4-2-1-3-9(10)11/h1-6,12H,7-8H2. The highest BCUT2D eigenvalue weighted by Gasteiger charge is 2.28. The zero-order valence-electron chi connectivity index (χ0n) is 9.85. The molecule has 2 aromatic rings. The van der Waals surface area contributed by atoms with Gasteiger partial charge in [0.25, 0.3) is 0 Å². The third-order valence-electron chi connectivity index (χ3n) is 2.92. The molecule has 0 nitrogen and oxygen atoms in total. The summed E-state index contributed by atoms with van der Waals surface area (Å²) in [6.45, 7) is 0. The summed E-state index contributed by atoms with van der Waals surface area (Å²) in [6.07, 6.45) is -4.93. The van der Waals surface area contributed by atoms with Gasteiger partial charge in [0.15, 0.2) is 0 Å². The molecule has 19 heavy (non-hydrogen) atoms. The Morgan fingerprint density at radius 2 is 1.68 bits per heavy atom. The molecule has 0 heterocycles. The van der Waals surface area contributed by atoms with Crippen LogP contribution in [0.5, 0.6) is 0 Å². The second-order valence-electron chi connectivity index (χ2n) is 4.30. The highest BCUT2D eigenvalue weighted by molar-refractivity contribution is 9.09. The number of halogens is 5. The molecule has 5 heteroatoms. The summed E-state index contributed by atoms with van der Waals surface area (Å²) in [5.41, 5.74) is 0.837. The van der Waals surface area contributed by atoms with Gasteiger partial charge in [-0.25, -0.2) is 0 Å². The van der Waals surface area contributed by atoms with Gasteiger partial charge < -0.3 is 0 Å². The van der Waals surface area contributed by atoms with Crippen molar-refractivity contribution >= 4 is 38.3 Å². The van der Waals surface area contributed by atoms with Gasteiger partial charge >= 0.3 is 6.18 Å². The SMILES string of the molecule is FC(F)(F)CCC(Br)c1ccc(Cl)c2ccccc12. The molecule has 0 amide bonds. The Balaban J connectivity index is 2.32. The molecule has 0 fully saturated rings. The molecule has 0 bridgehead atoms. The third-order valence-corrected chi connectivity index (χ3v) is 4.20. The van der Waals surface area contributed by atoms with E-state index in [1.807, 2.05) is 24.3 Å². The van der Waals surface area contributed by atoms with Gasteiger partial charge in [0.2, 0.25) is 0 Å². The van der Waals surface area contributed by atoms with Gasteiger partial charge in [-0.2, -0.15) is 13.2 Å². The predicted octanol–water partition coefficient (Wildman–Crippen LogP) is 6.27. The molecule has 0 aromatic heterocycles. The lowest BCUT2D eigenvalue weighted by Crippen LogP contribution is -2.08. The van der Waals surface area contributed by atoms with Crippen LogP contribution in [0, 0.1) is 0 Å². The molecule has 1 atom stereocenters. The van der Waals surface area contributed by atoms with Crippen LogP contribution in [0.3, 0.4) is 0 Å². The van der Waals surface area contributed by atoms with Crippen molar-refractivity contribution in [1.82, 2.24) is 0 Å². The first kappa shape index (κ1) is 14.7. The first-order chi connectivity index (χ1) is 8.88. The van der Waals surface area contributed by atoms with Gasteiger partial charge in [-0.3, -0.25) is 0 Å².